The second kappa shape index (κ2) is 5.19. The number of carbonyl (C=O) groups excluding carboxylic acids is 1. The molecule has 1 aromatic carbocycles. The van der Waals surface area contributed by atoms with Crippen molar-refractivity contribution in [1.82, 2.24) is 10.6 Å². The Morgan fingerprint density at radius 2 is 2.24 bits per heavy atom. The van der Waals surface area contributed by atoms with Crippen LogP contribution < -0.4 is 16.0 Å². The topological polar surface area (TPSA) is 53.2 Å². The number of aryl methyl sites for hydroxylation is 1. The molecule has 0 unspecified atom stereocenters. The molecule has 0 saturated carbocycles. The molecule has 1 aliphatic rings. The molecule has 0 radical (unpaired) electrons. The van der Waals surface area contributed by atoms with Crippen LogP contribution in [0.15, 0.2) is 18.2 Å². The van der Waals surface area contributed by atoms with Gasteiger partial charge < -0.3 is 16.0 Å². The maximum absolute atomic E-state index is 11.7. The van der Waals surface area contributed by atoms with Gasteiger partial charge in [-0.2, -0.15) is 0 Å². The molecule has 1 saturated heterocycles. The van der Waals surface area contributed by atoms with Crippen LogP contribution in [0.2, 0.25) is 0 Å². The maximum atomic E-state index is 11.7. The SMILES string of the molecule is CCNC(=O)c1ccc(C)c(NC2CNC2)c1. The third-order valence-corrected chi connectivity index (χ3v) is 2.98. The van der Waals surface area contributed by atoms with Crippen LogP contribution in [-0.2, 0) is 0 Å². The standard InChI is InChI=1S/C13H19N3O/c1-3-15-13(17)10-5-4-9(2)12(6-10)16-11-7-14-8-11/h4-6,11,14,16H,3,7-8H2,1-2H3,(H,15,17). The van der Waals surface area contributed by atoms with Crippen molar-refractivity contribution in [2.75, 3.05) is 25.0 Å². The summed E-state index contributed by atoms with van der Waals surface area (Å²) in [5, 5.41) is 9.47. The first-order valence-electron chi connectivity index (χ1n) is 6.07. The molecule has 0 aromatic heterocycles. The van der Waals surface area contributed by atoms with Crippen molar-refractivity contribution in [3.05, 3.63) is 29.3 Å². The Kier molecular flexibility index (Phi) is 3.64. The van der Waals surface area contributed by atoms with Gasteiger partial charge in [0.15, 0.2) is 0 Å². The summed E-state index contributed by atoms with van der Waals surface area (Å²) in [4.78, 5) is 11.7. The molecule has 1 aromatic rings. The fraction of sp³-hybridized carbons (Fsp3) is 0.462. The number of rotatable bonds is 4. The van der Waals surface area contributed by atoms with E-state index in [9.17, 15) is 4.79 Å². The number of carbonyl (C=O) groups is 1. The van der Waals surface area contributed by atoms with Crippen LogP contribution in [-0.4, -0.2) is 31.6 Å². The normalized spacial score (nSPS) is 15.2. The van der Waals surface area contributed by atoms with Crippen LogP contribution in [0.5, 0.6) is 0 Å². The van der Waals surface area contributed by atoms with Crippen molar-refractivity contribution >= 4 is 11.6 Å². The van der Waals surface area contributed by atoms with Crippen LogP contribution in [0.3, 0.4) is 0 Å². The molecular weight excluding hydrogens is 214 g/mol. The Labute approximate surface area is 102 Å². The van der Waals surface area contributed by atoms with Crippen LogP contribution in [0.25, 0.3) is 0 Å². The minimum atomic E-state index is -0.0118. The van der Waals surface area contributed by atoms with E-state index in [0.29, 0.717) is 18.2 Å². The van der Waals surface area contributed by atoms with Gasteiger partial charge >= 0.3 is 0 Å². The van der Waals surface area contributed by atoms with E-state index in [2.05, 4.69) is 22.9 Å². The largest absolute Gasteiger partial charge is 0.380 e. The van der Waals surface area contributed by atoms with Gasteiger partial charge in [-0.3, -0.25) is 4.79 Å². The van der Waals surface area contributed by atoms with Crippen LogP contribution in [0.1, 0.15) is 22.8 Å². The van der Waals surface area contributed by atoms with Crippen molar-refractivity contribution in [3.8, 4) is 0 Å². The average Bonchev–Trinajstić information content (AvgIpc) is 2.25. The van der Waals surface area contributed by atoms with Crippen molar-refractivity contribution in [2.45, 2.75) is 19.9 Å². The van der Waals surface area contributed by atoms with Crippen LogP contribution >= 0.6 is 0 Å². The van der Waals surface area contributed by atoms with Gasteiger partial charge in [-0.05, 0) is 31.5 Å². The van der Waals surface area contributed by atoms with E-state index in [1.54, 1.807) is 0 Å². The molecule has 1 heterocycles. The summed E-state index contributed by atoms with van der Waals surface area (Å²) in [5.41, 5.74) is 2.94. The molecule has 0 spiro atoms. The summed E-state index contributed by atoms with van der Waals surface area (Å²) in [6.07, 6.45) is 0. The van der Waals surface area contributed by atoms with E-state index < -0.39 is 0 Å². The lowest BCUT2D eigenvalue weighted by Crippen LogP contribution is -2.51. The molecule has 92 valence electrons. The second-order valence-electron chi connectivity index (χ2n) is 4.39. The molecule has 4 heteroatoms. The molecule has 2 rings (SSSR count). The highest BCUT2D eigenvalue weighted by molar-refractivity contribution is 5.95. The van der Waals surface area contributed by atoms with Crippen molar-refractivity contribution in [3.63, 3.8) is 0 Å². The predicted molar refractivity (Wildman–Crippen MR) is 69.5 cm³/mol. The van der Waals surface area contributed by atoms with E-state index in [0.717, 1.165) is 18.8 Å². The smallest absolute Gasteiger partial charge is 0.251 e. The first-order valence-corrected chi connectivity index (χ1v) is 6.07. The molecule has 1 aliphatic heterocycles. The quantitative estimate of drug-likeness (QED) is 0.730. The molecule has 4 nitrogen and oxygen atoms in total. The molecule has 1 fully saturated rings. The summed E-state index contributed by atoms with van der Waals surface area (Å²) >= 11 is 0. The average molecular weight is 233 g/mol. The maximum Gasteiger partial charge on any atom is 0.251 e. The molecular formula is C13H19N3O. The van der Waals surface area contributed by atoms with Gasteiger partial charge in [0.1, 0.15) is 0 Å². The molecule has 1 amide bonds. The van der Waals surface area contributed by atoms with Crippen molar-refractivity contribution < 1.29 is 4.79 Å². The van der Waals surface area contributed by atoms with E-state index in [1.165, 1.54) is 5.56 Å². The fourth-order valence-electron chi connectivity index (χ4n) is 1.79. The number of anilines is 1. The Morgan fingerprint density at radius 3 is 2.82 bits per heavy atom. The first-order chi connectivity index (χ1) is 8.20. The zero-order valence-electron chi connectivity index (χ0n) is 10.3. The van der Waals surface area contributed by atoms with Gasteiger partial charge in [-0.25, -0.2) is 0 Å². The van der Waals surface area contributed by atoms with Gasteiger partial charge in [-0.15, -0.1) is 0 Å². The molecule has 0 bridgehead atoms. The lowest BCUT2D eigenvalue weighted by molar-refractivity contribution is 0.0956. The monoisotopic (exact) mass is 233 g/mol. The number of amides is 1. The van der Waals surface area contributed by atoms with Gasteiger partial charge in [-0.1, -0.05) is 6.07 Å². The van der Waals surface area contributed by atoms with E-state index in [1.807, 2.05) is 25.1 Å². The lowest BCUT2D eigenvalue weighted by Gasteiger charge is -2.29. The van der Waals surface area contributed by atoms with E-state index in [4.69, 9.17) is 0 Å². The molecule has 0 atom stereocenters. The van der Waals surface area contributed by atoms with Crippen LogP contribution in [0.4, 0.5) is 5.69 Å². The number of nitrogens with one attached hydrogen (secondary N) is 3. The summed E-state index contributed by atoms with van der Waals surface area (Å²) in [6.45, 7) is 6.61. The van der Waals surface area contributed by atoms with Gasteiger partial charge in [0, 0.05) is 30.9 Å². The van der Waals surface area contributed by atoms with Gasteiger partial charge in [0.25, 0.3) is 5.91 Å². The number of benzene rings is 1. The molecule has 17 heavy (non-hydrogen) atoms. The summed E-state index contributed by atoms with van der Waals surface area (Å²) in [5.74, 6) is -0.0118. The summed E-state index contributed by atoms with van der Waals surface area (Å²) in [6, 6.07) is 6.26. The van der Waals surface area contributed by atoms with E-state index >= 15 is 0 Å². The number of hydrogen-bond donors (Lipinski definition) is 3. The van der Waals surface area contributed by atoms with Crippen molar-refractivity contribution in [1.29, 1.82) is 0 Å². The third kappa shape index (κ3) is 2.77. The lowest BCUT2D eigenvalue weighted by atomic mass is 10.1. The van der Waals surface area contributed by atoms with Gasteiger partial charge in [0.2, 0.25) is 0 Å². The fourth-order valence-corrected chi connectivity index (χ4v) is 1.79. The minimum absolute atomic E-state index is 0.0118. The first kappa shape index (κ1) is 11.9. The Morgan fingerprint density at radius 1 is 1.47 bits per heavy atom. The molecule has 3 N–H and O–H groups in total. The molecule has 0 aliphatic carbocycles. The van der Waals surface area contributed by atoms with E-state index in [-0.39, 0.29) is 5.91 Å². The summed E-state index contributed by atoms with van der Waals surface area (Å²) in [7, 11) is 0. The number of hydrogen-bond acceptors (Lipinski definition) is 3. The third-order valence-electron chi connectivity index (χ3n) is 2.98. The Balaban J connectivity index is 2.13. The second-order valence-corrected chi connectivity index (χ2v) is 4.39. The van der Waals surface area contributed by atoms with Gasteiger partial charge in [0.05, 0.1) is 6.04 Å². The summed E-state index contributed by atoms with van der Waals surface area (Å²) < 4.78 is 0. The minimum Gasteiger partial charge on any atom is -0.380 e. The zero-order chi connectivity index (χ0) is 12.3. The van der Waals surface area contributed by atoms with Crippen LogP contribution in [0, 0.1) is 6.92 Å². The Bertz CT molecular complexity index is 413. The highest BCUT2D eigenvalue weighted by Crippen LogP contribution is 2.18. The predicted octanol–water partition coefficient (Wildman–Crippen LogP) is 1.13. The highest BCUT2D eigenvalue weighted by atomic mass is 16.1. The highest BCUT2D eigenvalue weighted by Gasteiger charge is 2.17. The zero-order valence-corrected chi connectivity index (χ0v) is 10.3. The van der Waals surface area contributed by atoms with Crippen molar-refractivity contribution in [2.24, 2.45) is 0 Å². The Hall–Kier alpha value is -1.55.